The average molecular weight is 316 g/mol. The molecule has 2 N–H and O–H groups in total. The summed E-state index contributed by atoms with van der Waals surface area (Å²) in [6.07, 6.45) is -3.73. The van der Waals surface area contributed by atoms with E-state index in [1.54, 1.807) is 0 Å². The van der Waals surface area contributed by atoms with Gasteiger partial charge in [0.2, 0.25) is 0 Å². The summed E-state index contributed by atoms with van der Waals surface area (Å²) in [7, 11) is 0. The summed E-state index contributed by atoms with van der Waals surface area (Å²) in [5.74, 6) is 0. The van der Waals surface area contributed by atoms with Crippen LogP contribution in [0.5, 0.6) is 0 Å². The number of hydrogen-bond donors (Lipinski definition) is 2. The van der Waals surface area contributed by atoms with Gasteiger partial charge >= 0.3 is 6.18 Å². The Morgan fingerprint density at radius 3 is 2.41 bits per heavy atom. The average Bonchev–Trinajstić information content (AvgIpc) is 2.52. The maximum Gasteiger partial charge on any atom is 0.390 e. The van der Waals surface area contributed by atoms with Gasteiger partial charge in [0, 0.05) is 19.1 Å². The second kappa shape index (κ2) is 7.94. The molecule has 0 saturated carbocycles. The molecule has 1 saturated heterocycles. The van der Waals surface area contributed by atoms with Crippen LogP contribution in [0, 0.1) is 0 Å². The van der Waals surface area contributed by atoms with Gasteiger partial charge in [0.25, 0.3) is 0 Å². The second-order valence-corrected chi connectivity index (χ2v) is 5.82. The zero-order valence-corrected chi connectivity index (χ0v) is 12.5. The molecule has 6 heteroatoms. The summed E-state index contributed by atoms with van der Waals surface area (Å²) in [5, 5.41) is 13.4. The number of alkyl halides is 3. The monoisotopic (exact) mass is 316 g/mol. The molecule has 0 aliphatic carbocycles. The molecule has 1 atom stereocenters. The molecule has 1 aliphatic heterocycles. The first-order valence-electron chi connectivity index (χ1n) is 7.69. The predicted molar refractivity (Wildman–Crippen MR) is 79.5 cm³/mol. The Hall–Kier alpha value is -1.11. The van der Waals surface area contributed by atoms with Crippen molar-refractivity contribution < 1.29 is 18.3 Å². The van der Waals surface area contributed by atoms with E-state index in [9.17, 15) is 18.3 Å². The number of halogens is 3. The second-order valence-electron chi connectivity index (χ2n) is 5.82. The van der Waals surface area contributed by atoms with Crippen LogP contribution in [0.15, 0.2) is 30.3 Å². The van der Waals surface area contributed by atoms with Crippen LogP contribution >= 0.6 is 0 Å². The standard InChI is InChI=1S/C16H23F3N2O/c17-16(18,19)8-11-21-9-6-14(7-10-21)20-12-15(22)13-4-2-1-3-5-13/h1-5,14-15,20,22H,6-12H2. The molecule has 1 heterocycles. The van der Waals surface area contributed by atoms with Crippen molar-refractivity contribution in [1.82, 2.24) is 10.2 Å². The Morgan fingerprint density at radius 1 is 1.18 bits per heavy atom. The Bertz CT molecular complexity index is 431. The minimum absolute atomic E-state index is 0.0862. The maximum absolute atomic E-state index is 12.2. The van der Waals surface area contributed by atoms with Crippen LogP contribution in [0.1, 0.15) is 30.9 Å². The van der Waals surface area contributed by atoms with Gasteiger partial charge in [-0.05, 0) is 31.5 Å². The van der Waals surface area contributed by atoms with Gasteiger partial charge in [-0.3, -0.25) is 0 Å². The van der Waals surface area contributed by atoms with E-state index >= 15 is 0 Å². The van der Waals surface area contributed by atoms with Gasteiger partial charge in [0.05, 0.1) is 12.5 Å². The molecule has 2 rings (SSSR count). The molecule has 1 aromatic carbocycles. The van der Waals surface area contributed by atoms with Gasteiger partial charge in [-0.1, -0.05) is 30.3 Å². The van der Waals surface area contributed by atoms with Crippen LogP contribution in [0.3, 0.4) is 0 Å². The van der Waals surface area contributed by atoms with Crippen molar-refractivity contribution in [2.45, 2.75) is 37.6 Å². The molecule has 0 amide bonds. The lowest BCUT2D eigenvalue weighted by Crippen LogP contribution is -2.44. The lowest BCUT2D eigenvalue weighted by molar-refractivity contribution is -0.138. The number of hydrogen-bond acceptors (Lipinski definition) is 3. The molecule has 3 nitrogen and oxygen atoms in total. The largest absolute Gasteiger partial charge is 0.390 e. The van der Waals surface area contributed by atoms with E-state index in [1.165, 1.54) is 0 Å². The van der Waals surface area contributed by atoms with Crippen LogP contribution < -0.4 is 5.32 Å². The zero-order valence-electron chi connectivity index (χ0n) is 12.5. The number of likely N-dealkylation sites (tertiary alicyclic amines) is 1. The van der Waals surface area contributed by atoms with E-state index in [4.69, 9.17) is 0 Å². The van der Waals surface area contributed by atoms with E-state index < -0.39 is 18.7 Å². The summed E-state index contributed by atoms with van der Waals surface area (Å²) >= 11 is 0. The predicted octanol–water partition coefficient (Wildman–Crippen LogP) is 2.73. The Balaban J connectivity index is 1.65. The number of rotatable bonds is 6. The first-order chi connectivity index (χ1) is 10.4. The van der Waals surface area contributed by atoms with Crippen molar-refractivity contribution >= 4 is 0 Å². The highest BCUT2D eigenvalue weighted by molar-refractivity contribution is 5.17. The first kappa shape index (κ1) is 17.2. The molecule has 1 aliphatic rings. The summed E-state index contributed by atoms with van der Waals surface area (Å²) in [6, 6.07) is 9.70. The van der Waals surface area contributed by atoms with Crippen molar-refractivity contribution in [3.63, 3.8) is 0 Å². The van der Waals surface area contributed by atoms with Crippen molar-refractivity contribution in [3.8, 4) is 0 Å². The van der Waals surface area contributed by atoms with Crippen molar-refractivity contribution in [3.05, 3.63) is 35.9 Å². The number of nitrogens with one attached hydrogen (secondary N) is 1. The summed E-state index contributed by atoms with van der Waals surface area (Å²) < 4.78 is 36.6. The van der Waals surface area contributed by atoms with Crippen molar-refractivity contribution in [2.75, 3.05) is 26.2 Å². The van der Waals surface area contributed by atoms with Gasteiger partial charge in [-0.15, -0.1) is 0 Å². The van der Waals surface area contributed by atoms with Gasteiger partial charge in [0.1, 0.15) is 0 Å². The van der Waals surface area contributed by atoms with Gasteiger partial charge in [-0.25, -0.2) is 0 Å². The third kappa shape index (κ3) is 5.94. The molecule has 0 radical (unpaired) electrons. The molecule has 22 heavy (non-hydrogen) atoms. The molecule has 1 aromatic rings. The Morgan fingerprint density at radius 2 is 1.82 bits per heavy atom. The maximum atomic E-state index is 12.2. The third-order valence-corrected chi connectivity index (χ3v) is 4.08. The minimum atomic E-state index is -4.07. The molecule has 1 fully saturated rings. The van der Waals surface area contributed by atoms with Crippen LogP contribution in [-0.2, 0) is 0 Å². The number of aliphatic hydroxyl groups is 1. The highest BCUT2D eigenvalue weighted by Gasteiger charge is 2.29. The van der Waals surface area contributed by atoms with Crippen LogP contribution in [0.25, 0.3) is 0 Å². The van der Waals surface area contributed by atoms with Gasteiger partial charge in [-0.2, -0.15) is 13.2 Å². The molecular formula is C16H23F3N2O. The fourth-order valence-corrected chi connectivity index (χ4v) is 2.72. The third-order valence-electron chi connectivity index (χ3n) is 4.08. The molecular weight excluding hydrogens is 293 g/mol. The molecule has 124 valence electrons. The Labute approximate surface area is 129 Å². The van der Waals surface area contributed by atoms with Gasteiger partial charge in [0.15, 0.2) is 0 Å². The molecule has 0 spiro atoms. The van der Waals surface area contributed by atoms with E-state index in [0.717, 1.165) is 18.4 Å². The number of benzene rings is 1. The van der Waals surface area contributed by atoms with Crippen LogP contribution in [0.2, 0.25) is 0 Å². The normalized spacial score (nSPS) is 19.3. The van der Waals surface area contributed by atoms with Crippen molar-refractivity contribution in [1.29, 1.82) is 0 Å². The number of nitrogens with zero attached hydrogens (tertiary/aromatic N) is 1. The van der Waals surface area contributed by atoms with Crippen LogP contribution in [-0.4, -0.2) is 48.4 Å². The molecule has 1 unspecified atom stereocenters. The van der Waals surface area contributed by atoms with E-state index in [-0.39, 0.29) is 12.6 Å². The lowest BCUT2D eigenvalue weighted by atomic mass is 10.0. The SMILES string of the molecule is OC(CNC1CCN(CCC(F)(F)F)CC1)c1ccccc1. The smallest absolute Gasteiger partial charge is 0.387 e. The highest BCUT2D eigenvalue weighted by Crippen LogP contribution is 2.21. The quantitative estimate of drug-likeness (QED) is 0.847. The lowest BCUT2D eigenvalue weighted by Gasteiger charge is -2.33. The number of piperidine rings is 1. The van der Waals surface area contributed by atoms with E-state index in [0.29, 0.717) is 19.6 Å². The fraction of sp³-hybridized carbons (Fsp3) is 0.625. The molecule has 0 bridgehead atoms. The summed E-state index contributed by atoms with van der Waals surface area (Å²) in [5.41, 5.74) is 0.873. The topological polar surface area (TPSA) is 35.5 Å². The minimum Gasteiger partial charge on any atom is -0.387 e. The molecule has 0 aromatic heterocycles. The summed E-state index contributed by atoms with van der Waals surface area (Å²) in [6.45, 7) is 1.91. The summed E-state index contributed by atoms with van der Waals surface area (Å²) in [4.78, 5) is 1.86. The van der Waals surface area contributed by atoms with Crippen LogP contribution in [0.4, 0.5) is 13.2 Å². The first-order valence-corrected chi connectivity index (χ1v) is 7.69. The zero-order chi connectivity index (χ0) is 16.0. The van der Waals surface area contributed by atoms with Gasteiger partial charge < -0.3 is 15.3 Å². The fourth-order valence-electron chi connectivity index (χ4n) is 2.72. The highest BCUT2D eigenvalue weighted by atomic mass is 19.4. The van der Waals surface area contributed by atoms with E-state index in [1.807, 2.05) is 35.2 Å². The van der Waals surface area contributed by atoms with E-state index in [2.05, 4.69) is 5.32 Å². The Kier molecular flexibility index (Phi) is 6.23. The number of aliphatic hydroxyl groups excluding tert-OH is 1. The van der Waals surface area contributed by atoms with Crippen molar-refractivity contribution in [2.24, 2.45) is 0 Å².